The average molecular weight is 503 g/mol. The maximum absolute atomic E-state index is 4.36. The van der Waals surface area contributed by atoms with Crippen molar-refractivity contribution in [1.29, 1.82) is 0 Å². The van der Waals surface area contributed by atoms with Crippen molar-refractivity contribution in [3.8, 4) is 0 Å². The van der Waals surface area contributed by atoms with Crippen LogP contribution in [-0.4, -0.2) is 52.8 Å². The Morgan fingerprint density at radius 1 is 1.33 bits per heavy atom. The van der Waals surface area contributed by atoms with E-state index in [0.717, 1.165) is 30.7 Å². The molecule has 3 heterocycles. The average Bonchev–Trinajstić information content (AvgIpc) is 3.27. The molecule has 2 atom stereocenters. The van der Waals surface area contributed by atoms with Crippen molar-refractivity contribution >= 4 is 41.3 Å². The fourth-order valence-electron chi connectivity index (χ4n) is 3.60. The van der Waals surface area contributed by atoms with Gasteiger partial charge >= 0.3 is 0 Å². The lowest BCUT2D eigenvalue weighted by Crippen LogP contribution is -2.44. The molecule has 0 spiro atoms. The third-order valence-corrected chi connectivity index (χ3v) is 6.14. The number of halogens is 1. The molecule has 0 bridgehead atoms. The van der Waals surface area contributed by atoms with E-state index < -0.39 is 0 Å². The molecular formula is C18H30IN7S. The molecule has 2 N–H and O–H groups in total. The Balaban J connectivity index is 0.00000261. The molecule has 7 nitrogen and oxygen atoms in total. The third-order valence-electron chi connectivity index (χ3n) is 5.19. The molecule has 0 amide bonds. The molecule has 1 aliphatic rings. The first-order valence-electron chi connectivity index (χ1n) is 9.13. The number of guanidine groups is 1. The number of nitrogens with one attached hydrogen (secondary N) is 2. The van der Waals surface area contributed by atoms with Gasteiger partial charge in [-0.3, -0.25) is 9.89 Å². The predicted octanol–water partition coefficient (Wildman–Crippen LogP) is 2.55. The summed E-state index contributed by atoms with van der Waals surface area (Å²) < 4.78 is 1.99. The van der Waals surface area contributed by atoms with E-state index in [1.807, 2.05) is 29.9 Å². The van der Waals surface area contributed by atoms with Gasteiger partial charge in [-0.15, -0.1) is 45.5 Å². The highest BCUT2D eigenvalue weighted by Crippen LogP contribution is 2.36. The number of piperidine rings is 1. The Hall–Kier alpha value is -1.20. The third kappa shape index (κ3) is 5.41. The summed E-state index contributed by atoms with van der Waals surface area (Å²) in [5, 5.41) is 17.3. The molecule has 1 fully saturated rings. The molecule has 0 aliphatic carbocycles. The molecular weight excluding hydrogens is 473 g/mol. The van der Waals surface area contributed by atoms with Crippen LogP contribution in [0.5, 0.6) is 0 Å². The van der Waals surface area contributed by atoms with E-state index in [0.29, 0.717) is 18.5 Å². The van der Waals surface area contributed by atoms with Gasteiger partial charge in [0.2, 0.25) is 0 Å². The minimum atomic E-state index is 0. The summed E-state index contributed by atoms with van der Waals surface area (Å²) >= 11 is 1.86. The number of thiophene rings is 1. The topological polar surface area (TPSA) is 70.4 Å². The zero-order valence-corrected chi connectivity index (χ0v) is 19.6. The van der Waals surface area contributed by atoms with E-state index in [9.17, 15) is 0 Å². The second kappa shape index (κ2) is 10.4. The van der Waals surface area contributed by atoms with E-state index >= 15 is 0 Å². The lowest BCUT2D eigenvalue weighted by atomic mass is 9.88. The molecule has 9 heteroatoms. The van der Waals surface area contributed by atoms with Crippen LogP contribution in [0.1, 0.15) is 35.4 Å². The number of rotatable bonds is 5. The molecule has 1 saturated heterocycles. The number of aryl methyl sites for hydroxylation is 1. The maximum atomic E-state index is 4.36. The van der Waals surface area contributed by atoms with Crippen molar-refractivity contribution in [3.63, 3.8) is 0 Å². The Kier molecular flexibility index (Phi) is 8.49. The van der Waals surface area contributed by atoms with Crippen LogP contribution in [0.2, 0.25) is 0 Å². The van der Waals surface area contributed by atoms with Crippen molar-refractivity contribution in [1.82, 2.24) is 30.3 Å². The zero-order valence-electron chi connectivity index (χ0n) is 16.5. The van der Waals surface area contributed by atoms with Gasteiger partial charge < -0.3 is 15.2 Å². The van der Waals surface area contributed by atoms with E-state index in [2.05, 4.69) is 55.3 Å². The Labute approximate surface area is 182 Å². The zero-order chi connectivity index (χ0) is 18.5. The van der Waals surface area contributed by atoms with Gasteiger partial charge in [-0.2, -0.15) is 0 Å². The van der Waals surface area contributed by atoms with Gasteiger partial charge in [0.15, 0.2) is 11.8 Å². The highest BCUT2D eigenvalue weighted by molar-refractivity contribution is 14.0. The molecule has 0 saturated carbocycles. The van der Waals surface area contributed by atoms with E-state index in [1.165, 1.54) is 17.7 Å². The molecule has 0 radical (unpaired) electrons. The number of nitrogens with zero attached hydrogens (tertiary/aromatic N) is 5. The van der Waals surface area contributed by atoms with Crippen molar-refractivity contribution < 1.29 is 0 Å². The monoisotopic (exact) mass is 503 g/mol. The molecule has 0 aromatic carbocycles. The van der Waals surface area contributed by atoms with Crippen LogP contribution in [0.3, 0.4) is 0 Å². The second-order valence-electron chi connectivity index (χ2n) is 6.87. The van der Waals surface area contributed by atoms with Crippen LogP contribution >= 0.6 is 35.3 Å². The maximum Gasteiger partial charge on any atom is 0.191 e. The number of hydrogen-bond donors (Lipinski definition) is 2. The van der Waals surface area contributed by atoms with Crippen LogP contribution in [0.4, 0.5) is 0 Å². The SMILES string of the molecule is CN=C(NCc1nnc(C)n1C)NCC1CCCN(C)C1c1cccs1.I. The highest BCUT2D eigenvalue weighted by Gasteiger charge is 2.31. The van der Waals surface area contributed by atoms with E-state index in [1.54, 1.807) is 7.05 Å². The lowest BCUT2D eigenvalue weighted by molar-refractivity contribution is 0.125. The van der Waals surface area contributed by atoms with Crippen LogP contribution in [0, 0.1) is 12.8 Å². The van der Waals surface area contributed by atoms with Crippen LogP contribution in [0.25, 0.3) is 0 Å². The largest absolute Gasteiger partial charge is 0.356 e. The first-order valence-corrected chi connectivity index (χ1v) is 10.0. The Bertz CT molecular complexity index is 728. The predicted molar refractivity (Wildman–Crippen MR) is 122 cm³/mol. The van der Waals surface area contributed by atoms with Gasteiger partial charge in [0, 0.05) is 31.6 Å². The van der Waals surface area contributed by atoms with Gasteiger partial charge in [0.25, 0.3) is 0 Å². The first kappa shape index (κ1) is 22.1. The molecule has 1 aliphatic heterocycles. The molecule has 3 rings (SSSR count). The summed E-state index contributed by atoms with van der Waals surface area (Å²) in [6.07, 6.45) is 2.48. The molecule has 2 unspecified atom stereocenters. The molecule has 2 aromatic heterocycles. The number of aliphatic imine (C=N–C) groups is 1. The quantitative estimate of drug-likeness (QED) is 0.373. The van der Waals surface area contributed by atoms with Crippen molar-refractivity contribution in [2.45, 2.75) is 32.4 Å². The van der Waals surface area contributed by atoms with Crippen LogP contribution < -0.4 is 10.6 Å². The first-order chi connectivity index (χ1) is 12.6. The van der Waals surface area contributed by atoms with Crippen molar-refractivity contribution in [3.05, 3.63) is 34.0 Å². The Morgan fingerprint density at radius 3 is 2.78 bits per heavy atom. The van der Waals surface area contributed by atoms with Gasteiger partial charge in [-0.05, 0) is 50.7 Å². The highest BCUT2D eigenvalue weighted by atomic mass is 127. The second-order valence-corrected chi connectivity index (χ2v) is 7.85. The van der Waals surface area contributed by atoms with Crippen molar-refractivity contribution in [2.75, 3.05) is 27.2 Å². The van der Waals surface area contributed by atoms with Crippen LogP contribution in [0.15, 0.2) is 22.5 Å². The summed E-state index contributed by atoms with van der Waals surface area (Å²) in [4.78, 5) is 8.30. The normalized spacial score (nSPS) is 21.0. The molecule has 27 heavy (non-hydrogen) atoms. The smallest absolute Gasteiger partial charge is 0.191 e. The minimum absolute atomic E-state index is 0. The van der Waals surface area contributed by atoms with Gasteiger partial charge in [0.1, 0.15) is 5.82 Å². The number of hydrogen-bond acceptors (Lipinski definition) is 5. The summed E-state index contributed by atoms with van der Waals surface area (Å²) in [5.74, 6) is 3.19. The van der Waals surface area contributed by atoms with Crippen molar-refractivity contribution in [2.24, 2.45) is 18.0 Å². The molecule has 150 valence electrons. The van der Waals surface area contributed by atoms with Crippen LogP contribution in [-0.2, 0) is 13.6 Å². The summed E-state index contributed by atoms with van der Waals surface area (Å²) in [6, 6.07) is 4.89. The fourth-order valence-corrected chi connectivity index (χ4v) is 4.58. The van der Waals surface area contributed by atoms with Gasteiger partial charge in [-0.1, -0.05) is 6.07 Å². The summed E-state index contributed by atoms with van der Waals surface area (Å²) in [6.45, 7) is 4.63. The molecule has 2 aromatic rings. The Morgan fingerprint density at radius 2 is 2.15 bits per heavy atom. The summed E-state index contributed by atoms with van der Waals surface area (Å²) in [7, 11) is 6.02. The number of aromatic nitrogens is 3. The lowest BCUT2D eigenvalue weighted by Gasteiger charge is -2.39. The summed E-state index contributed by atoms with van der Waals surface area (Å²) in [5.41, 5.74) is 0. The number of likely N-dealkylation sites (tertiary alicyclic amines) is 1. The fraction of sp³-hybridized carbons (Fsp3) is 0.611. The van der Waals surface area contributed by atoms with E-state index in [4.69, 9.17) is 0 Å². The van der Waals surface area contributed by atoms with Gasteiger partial charge in [-0.25, -0.2) is 0 Å². The minimum Gasteiger partial charge on any atom is -0.356 e. The standard InChI is InChI=1S/C18H29N7S.HI/c1-13-22-23-16(25(13)4)12-21-18(19-2)20-11-14-7-5-9-24(3)17(14)15-8-6-10-26-15;/h6,8,10,14,17H,5,7,9,11-12H2,1-4H3,(H2,19,20,21);1H. The van der Waals surface area contributed by atoms with Gasteiger partial charge in [0.05, 0.1) is 6.54 Å². The van der Waals surface area contributed by atoms with E-state index in [-0.39, 0.29) is 24.0 Å².